The molecule has 1 aliphatic heterocycles. The summed E-state index contributed by atoms with van der Waals surface area (Å²) in [7, 11) is -0.608. The Hall–Kier alpha value is -1.76. The summed E-state index contributed by atoms with van der Waals surface area (Å²) in [5.74, 6) is 0.554. The van der Waals surface area contributed by atoms with Gasteiger partial charge in [0.05, 0.1) is 24.9 Å². The van der Waals surface area contributed by atoms with Crippen LogP contribution in [-0.4, -0.2) is 51.8 Å². The van der Waals surface area contributed by atoms with E-state index in [4.69, 9.17) is 9.47 Å². The van der Waals surface area contributed by atoms with Crippen molar-refractivity contribution in [1.29, 1.82) is 0 Å². The van der Waals surface area contributed by atoms with Crippen molar-refractivity contribution in [2.45, 2.75) is 50.0 Å². The Bertz CT molecular complexity index is 701. The Morgan fingerprint density at radius 3 is 2.56 bits per heavy atom. The van der Waals surface area contributed by atoms with Crippen LogP contribution in [-0.2, 0) is 14.6 Å². The van der Waals surface area contributed by atoms with E-state index in [2.05, 4.69) is 6.92 Å². The molecule has 1 aromatic carbocycles. The van der Waals surface area contributed by atoms with Crippen molar-refractivity contribution in [3.05, 3.63) is 18.2 Å². The van der Waals surface area contributed by atoms with Crippen molar-refractivity contribution >= 4 is 15.7 Å². The summed E-state index contributed by atoms with van der Waals surface area (Å²) in [6.07, 6.45) is 4.04. The standard InChI is InChI=1S/C18H27NO5S/c1-4-14-7-5-6-11-19(14)18(20)10-12-25(21,22)15-8-9-16(23-2)17(13-15)24-3/h8-9,13-14H,4-7,10-12H2,1-3H3. The number of carbonyl (C=O) groups excluding carboxylic acids is 1. The van der Waals surface area contributed by atoms with Crippen LogP contribution in [0.1, 0.15) is 39.0 Å². The predicted octanol–water partition coefficient (Wildman–Crippen LogP) is 2.66. The van der Waals surface area contributed by atoms with Gasteiger partial charge in [-0.3, -0.25) is 4.79 Å². The molecule has 25 heavy (non-hydrogen) atoms. The van der Waals surface area contributed by atoms with Crippen LogP contribution in [0.5, 0.6) is 11.5 Å². The Morgan fingerprint density at radius 1 is 1.20 bits per heavy atom. The Kier molecular flexibility index (Phi) is 6.70. The summed E-state index contributed by atoms with van der Waals surface area (Å²) in [5.41, 5.74) is 0. The number of ether oxygens (including phenoxy) is 2. The molecule has 140 valence electrons. The first-order valence-electron chi connectivity index (χ1n) is 8.67. The maximum Gasteiger partial charge on any atom is 0.223 e. The van der Waals surface area contributed by atoms with E-state index in [1.165, 1.54) is 26.4 Å². The lowest BCUT2D eigenvalue weighted by Gasteiger charge is -2.35. The number of nitrogens with zero attached hydrogens (tertiary/aromatic N) is 1. The molecular formula is C18H27NO5S. The minimum absolute atomic E-state index is 0.00712. The second kappa shape index (κ2) is 8.56. The van der Waals surface area contributed by atoms with Crippen molar-refractivity contribution < 1.29 is 22.7 Å². The van der Waals surface area contributed by atoms with Gasteiger partial charge in [0.1, 0.15) is 0 Å². The number of piperidine rings is 1. The fourth-order valence-electron chi connectivity index (χ4n) is 3.25. The van der Waals surface area contributed by atoms with Gasteiger partial charge in [-0.05, 0) is 37.8 Å². The van der Waals surface area contributed by atoms with E-state index in [0.717, 1.165) is 32.2 Å². The molecule has 6 nitrogen and oxygen atoms in total. The molecule has 0 spiro atoms. The molecule has 1 amide bonds. The average Bonchev–Trinajstić information content (AvgIpc) is 2.65. The first-order chi connectivity index (χ1) is 11.9. The molecule has 0 aliphatic carbocycles. The van der Waals surface area contributed by atoms with Gasteiger partial charge in [0, 0.05) is 25.1 Å². The molecule has 1 fully saturated rings. The SMILES string of the molecule is CCC1CCCCN1C(=O)CCS(=O)(=O)c1ccc(OC)c(OC)c1. The number of sulfone groups is 1. The van der Waals surface area contributed by atoms with E-state index in [-0.39, 0.29) is 29.0 Å². The molecular weight excluding hydrogens is 342 g/mol. The molecule has 0 aromatic heterocycles. The van der Waals surface area contributed by atoms with E-state index in [9.17, 15) is 13.2 Å². The predicted molar refractivity (Wildman–Crippen MR) is 95.9 cm³/mol. The van der Waals surface area contributed by atoms with Crippen LogP contribution in [0.15, 0.2) is 23.1 Å². The average molecular weight is 369 g/mol. The van der Waals surface area contributed by atoms with Crippen molar-refractivity contribution in [2.75, 3.05) is 26.5 Å². The lowest BCUT2D eigenvalue weighted by molar-refractivity contribution is -0.134. The smallest absolute Gasteiger partial charge is 0.223 e. The van der Waals surface area contributed by atoms with E-state index in [1.807, 2.05) is 4.90 Å². The zero-order chi connectivity index (χ0) is 18.4. The first-order valence-corrected chi connectivity index (χ1v) is 10.3. The molecule has 0 saturated carbocycles. The van der Waals surface area contributed by atoms with Crippen LogP contribution in [0.4, 0.5) is 0 Å². The summed E-state index contributed by atoms with van der Waals surface area (Å²) in [6, 6.07) is 4.72. The molecule has 2 rings (SSSR count). The molecule has 1 atom stereocenters. The van der Waals surface area contributed by atoms with Gasteiger partial charge in [0.15, 0.2) is 21.3 Å². The number of rotatable bonds is 7. The molecule has 0 bridgehead atoms. The van der Waals surface area contributed by atoms with Crippen molar-refractivity contribution in [2.24, 2.45) is 0 Å². The van der Waals surface area contributed by atoms with Crippen molar-refractivity contribution in [3.63, 3.8) is 0 Å². The molecule has 7 heteroatoms. The van der Waals surface area contributed by atoms with E-state index in [0.29, 0.717) is 11.5 Å². The Balaban J connectivity index is 2.07. The summed E-state index contributed by atoms with van der Waals surface area (Å²) in [6.45, 7) is 2.80. The van der Waals surface area contributed by atoms with Crippen LogP contribution in [0, 0.1) is 0 Å². The normalized spacial score (nSPS) is 18.0. The summed E-state index contributed by atoms with van der Waals surface area (Å²) < 4.78 is 35.4. The largest absolute Gasteiger partial charge is 0.493 e. The van der Waals surface area contributed by atoms with Gasteiger partial charge in [-0.25, -0.2) is 8.42 Å². The van der Waals surface area contributed by atoms with Crippen LogP contribution < -0.4 is 9.47 Å². The molecule has 0 N–H and O–H groups in total. The molecule has 1 saturated heterocycles. The Labute approximate surface area is 150 Å². The van der Waals surface area contributed by atoms with Crippen LogP contribution in [0.3, 0.4) is 0 Å². The lowest BCUT2D eigenvalue weighted by Crippen LogP contribution is -2.43. The van der Waals surface area contributed by atoms with Crippen molar-refractivity contribution in [1.82, 2.24) is 4.90 Å². The highest BCUT2D eigenvalue weighted by Gasteiger charge is 2.27. The number of benzene rings is 1. The quantitative estimate of drug-likeness (QED) is 0.739. The molecule has 1 aliphatic rings. The van der Waals surface area contributed by atoms with Crippen molar-refractivity contribution in [3.8, 4) is 11.5 Å². The second-order valence-corrected chi connectivity index (χ2v) is 8.34. The number of likely N-dealkylation sites (tertiary alicyclic amines) is 1. The number of carbonyl (C=O) groups is 1. The summed E-state index contributed by atoms with van der Waals surface area (Å²) >= 11 is 0. The van der Waals surface area contributed by atoms with Gasteiger partial charge in [-0.1, -0.05) is 6.92 Å². The third-order valence-electron chi connectivity index (χ3n) is 4.72. The van der Waals surface area contributed by atoms with Gasteiger partial charge in [0.2, 0.25) is 5.91 Å². The molecule has 1 aromatic rings. The van der Waals surface area contributed by atoms with Crippen LogP contribution >= 0.6 is 0 Å². The third kappa shape index (κ3) is 4.66. The number of methoxy groups -OCH3 is 2. The van der Waals surface area contributed by atoms with E-state index >= 15 is 0 Å². The minimum atomic E-state index is -3.56. The highest BCUT2D eigenvalue weighted by atomic mass is 32.2. The van der Waals surface area contributed by atoms with E-state index < -0.39 is 9.84 Å². The second-order valence-electron chi connectivity index (χ2n) is 6.23. The van der Waals surface area contributed by atoms with Gasteiger partial charge >= 0.3 is 0 Å². The monoisotopic (exact) mass is 369 g/mol. The fraction of sp³-hybridized carbons (Fsp3) is 0.611. The van der Waals surface area contributed by atoms with Gasteiger partial charge < -0.3 is 14.4 Å². The first kappa shape index (κ1) is 19.6. The van der Waals surface area contributed by atoms with Gasteiger partial charge in [0.25, 0.3) is 0 Å². The molecule has 0 radical (unpaired) electrons. The van der Waals surface area contributed by atoms with E-state index in [1.54, 1.807) is 6.07 Å². The number of amides is 1. The maximum absolute atomic E-state index is 12.6. The third-order valence-corrected chi connectivity index (χ3v) is 6.43. The summed E-state index contributed by atoms with van der Waals surface area (Å²) in [5, 5.41) is 0. The van der Waals surface area contributed by atoms with Crippen LogP contribution in [0.25, 0.3) is 0 Å². The topological polar surface area (TPSA) is 72.9 Å². The van der Waals surface area contributed by atoms with Gasteiger partial charge in [-0.15, -0.1) is 0 Å². The maximum atomic E-state index is 12.6. The van der Waals surface area contributed by atoms with Crippen LogP contribution in [0.2, 0.25) is 0 Å². The summed E-state index contributed by atoms with van der Waals surface area (Å²) in [4.78, 5) is 14.5. The zero-order valence-corrected chi connectivity index (χ0v) is 16.0. The Morgan fingerprint density at radius 2 is 1.92 bits per heavy atom. The highest BCUT2D eigenvalue weighted by Crippen LogP contribution is 2.30. The molecule has 1 unspecified atom stereocenters. The number of hydrogen-bond acceptors (Lipinski definition) is 5. The lowest BCUT2D eigenvalue weighted by atomic mass is 10.00. The fourth-order valence-corrected chi connectivity index (χ4v) is 4.49. The molecule has 1 heterocycles. The highest BCUT2D eigenvalue weighted by molar-refractivity contribution is 7.91. The van der Waals surface area contributed by atoms with Gasteiger partial charge in [-0.2, -0.15) is 0 Å². The zero-order valence-electron chi connectivity index (χ0n) is 15.2. The minimum Gasteiger partial charge on any atom is -0.493 e. The number of hydrogen-bond donors (Lipinski definition) is 0.